The molecule has 3 N–H and O–H groups in total. The third-order valence-electron chi connectivity index (χ3n) is 4.51. The predicted molar refractivity (Wildman–Crippen MR) is 115 cm³/mol. The molecule has 0 fully saturated rings. The molecule has 0 saturated carbocycles. The maximum absolute atomic E-state index is 12.5. The van der Waals surface area contributed by atoms with Crippen LogP contribution in [-0.4, -0.2) is 23.9 Å². The van der Waals surface area contributed by atoms with E-state index in [4.69, 9.17) is 0 Å². The fourth-order valence-electron chi connectivity index (χ4n) is 2.83. The van der Waals surface area contributed by atoms with Crippen molar-refractivity contribution in [3.05, 3.63) is 64.7 Å². The SMILES string of the molecule is Cc1ccc(C(C)NC(=O)CNc2ccccc2C(=O)NC(C)(C)C)cc1C. The minimum Gasteiger partial charge on any atom is -0.376 e. The largest absolute Gasteiger partial charge is 0.376 e. The van der Waals surface area contributed by atoms with E-state index in [-0.39, 0.29) is 29.9 Å². The molecule has 0 radical (unpaired) electrons. The molecular formula is C23H31N3O2. The van der Waals surface area contributed by atoms with Crippen molar-refractivity contribution in [3.8, 4) is 0 Å². The Hall–Kier alpha value is -2.82. The van der Waals surface area contributed by atoms with E-state index in [1.54, 1.807) is 12.1 Å². The van der Waals surface area contributed by atoms with Crippen molar-refractivity contribution < 1.29 is 9.59 Å². The minimum atomic E-state index is -0.330. The van der Waals surface area contributed by atoms with E-state index >= 15 is 0 Å². The van der Waals surface area contributed by atoms with Gasteiger partial charge < -0.3 is 16.0 Å². The quantitative estimate of drug-likeness (QED) is 0.705. The van der Waals surface area contributed by atoms with Crippen LogP contribution in [0.1, 0.15) is 60.8 Å². The number of anilines is 1. The third-order valence-corrected chi connectivity index (χ3v) is 4.51. The summed E-state index contributed by atoms with van der Waals surface area (Å²) in [6, 6.07) is 13.3. The van der Waals surface area contributed by atoms with Crippen molar-refractivity contribution in [3.63, 3.8) is 0 Å². The summed E-state index contributed by atoms with van der Waals surface area (Å²) in [7, 11) is 0. The highest BCUT2D eigenvalue weighted by molar-refractivity contribution is 6.00. The number of benzene rings is 2. The molecule has 0 aliphatic carbocycles. The van der Waals surface area contributed by atoms with Gasteiger partial charge in [0, 0.05) is 11.2 Å². The van der Waals surface area contributed by atoms with E-state index in [1.807, 2.05) is 45.9 Å². The van der Waals surface area contributed by atoms with Crippen molar-refractivity contribution in [1.82, 2.24) is 10.6 Å². The first-order valence-corrected chi connectivity index (χ1v) is 9.59. The zero-order valence-electron chi connectivity index (χ0n) is 17.6. The summed E-state index contributed by atoms with van der Waals surface area (Å²) in [5, 5.41) is 9.03. The summed E-state index contributed by atoms with van der Waals surface area (Å²) in [6.07, 6.45) is 0. The van der Waals surface area contributed by atoms with Gasteiger partial charge in [0.2, 0.25) is 5.91 Å². The van der Waals surface area contributed by atoms with Crippen LogP contribution in [0.15, 0.2) is 42.5 Å². The molecule has 2 amide bonds. The average Bonchev–Trinajstić information content (AvgIpc) is 2.61. The zero-order valence-corrected chi connectivity index (χ0v) is 17.6. The van der Waals surface area contributed by atoms with Gasteiger partial charge in [-0.05, 0) is 70.4 Å². The van der Waals surface area contributed by atoms with Gasteiger partial charge >= 0.3 is 0 Å². The molecule has 0 aromatic heterocycles. The van der Waals surface area contributed by atoms with Crippen LogP contribution in [0.4, 0.5) is 5.69 Å². The average molecular weight is 382 g/mol. The molecule has 5 heteroatoms. The molecule has 2 aromatic carbocycles. The lowest BCUT2D eigenvalue weighted by Crippen LogP contribution is -2.41. The summed E-state index contributed by atoms with van der Waals surface area (Å²) in [6.45, 7) is 12.0. The first kappa shape index (κ1) is 21.5. The van der Waals surface area contributed by atoms with Gasteiger partial charge in [-0.1, -0.05) is 30.3 Å². The smallest absolute Gasteiger partial charge is 0.253 e. The van der Waals surface area contributed by atoms with E-state index in [0.29, 0.717) is 11.3 Å². The second kappa shape index (κ2) is 8.91. The maximum Gasteiger partial charge on any atom is 0.253 e. The molecule has 5 nitrogen and oxygen atoms in total. The van der Waals surface area contributed by atoms with Gasteiger partial charge in [-0.25, -0.2) is 0 Å². The Morgan fingerprint density at radius 1 is 1.00 bits per heavy atom. The number of para-hydroxylation sites is 1. The number of hydrogen-bond donors (Lipinski definition) is 3. The Balaban J connectivity index is 1.99. The number of carbonyl (C=O) groups is 2. The predicted octanol–water partition coefficient (Wildman–Crippen LogP) is 4.12. The Bertz CT molecular complexity index is 853. The monoisotopic (exact) mass is 381 g/mol. The molecule has 0 bridgehead atoms. The van der Waals surface area contributed by atoms with Crippen LogP contribution in [0.3, 0.4) is 0 Å². The molecule has 2 rings (SSSR count). The summed E-state index contributed by atoms with van der Waals surface area (Å²) >= 11 is 0. The summed E-state index contributed by atoms with van der Waals surface area (Å²) < 4.78 is 0. The second-order valence-electron chi connectivity index (χ2n) is 8.24. The van der Waals surface area contributed by atoms with Crippen molar-refractivity contribution in [1.29, 1.82) is 0 Å². The summed E-state index contributed by atoms with van der Waals surface area (Å²) in [4.78, 5) is 24.9. The summed E-state index contributed by atoms with van der Waals surface area (Å²) in [5.41, 5.74) is 4.33. The lowest BCUT2D eigenvalue weighted by Gasteiger charge is -2.22. The highest BCUT2D eigenvalue weighted by Crippen LogP contribution is 2.18. The van der Waals surface area contributed by atoms with E-state index in [1.165, 1.54) is 11.1 Å². The van der Waals surface area contributed by atoms with Crippen LogP contribution in [-0.2, 0) is 4.79 Å². The number of amides is 2. The van der Waals surface area contributed by atoms with E-state index in [2.05, 4.69) is 41.9 Å². The van der Waals surface area contributed by atoms with Crippen LogP contribution in [0.25, 0.3) is 0 Å². The van der Waals surface area contributed by atoms with E-state index in [9.17, 15) is 9.59 Å². The fraction of sp³-hybridized carbons (Fsp3) is 0.391. The summed E-state index contributed by atoms with van der Waals surface area (Å²) in [5.74, 6) is -0.295. The van der Waals surface area contributed by atoms with Gasteiger partial charge in [0.25, 0.3) is 5.91 Å². The molecule has 1 unspecified atom stereocenters. The second-order valence-corrected chi connectivity index (χ2v) is 8.24. The van der Waals surface area contributed by atoms with E-state index in [0.717, 1.165) is 5.56 Å². The van der Waals surface area contributed by atoms with Crippen LogP contribution in [0, 0.1) is 13.8 Å². The molecule has 2 aromatic rings. The standard InChI is InChI=1S/C23H31N3O2/c1-15-11-12-18(13-16(15)2)17(3)25-21(27)14-24-20-10-8-7-9-19(20)22(28)26-23(4,5)6/h7-13,17,24H,14H2,1-6H3,(H,25,27)(H,26,28). The van der Waals surface area contributed by atoms with Gasteiger partial charge in [-0.3, -0.25) is 9.59 Å². The minimum absolute atomic E-state index is 0.0898. The topological polar surface area (TPSA) is 70.2 Å². The van der Waals surface area contributed by atoms with Crippen molar-refractivity contribution in [2.75, 3.05) is 11.9 Å². The highest BCUT2D eigenvalue weighted by atomic mass is 16.2. The molecule has 28 heavy (non-hydrogen) atoms. The lowest BCUT2D eigenvalue weighted by atomic mass is 10.0. The van der Waals surface area contributed by atoms with Crippen LogP contribution in [0.2, 0.25) is 0 Å². The van der Waals surface area contributed by atoms with Gasteiger partial charge in [0.15, 0.2) is 0 Å². The van der Waals surface area contributed by atoms with Gasteiger partial charge in [-0.15, -0.1) is 0 Å². The molecule has 0 spiro atoms. The van der Waals surface area contributed by atoms with Crippen LogP contribution < -0.4 is 16.0 Å². The van der Waals surface area contributed by atoms with E-state index < -0.39 is 0 Å². The molecule has 0 saturated heterocycles. The number of rotatable bonds is 6. The highest BCUT2D eigenvalue weighted by Gasteiger charge is 2.18. The zero-order chi connectivity index (χ0) is 20.9. The number of aryl methyl sites for hydroxylation is 2. The number of carbonyl (C=O) groups excluding carboxylic acids is 2. The molecule has 0 heterocycles. The molecule has 1 atom stereocenters. The molecule has 0 aliphatic rings. The number of hydrogen-bond acceptors (Lipinski definition) is 3. The normalized spacial score (nSPS) is 12.2. The Kier molecular flexibility index (Phi) is 6.84. The third kappa shape index (κ3) is 6.12. The Labute approximate surface area is 167 Å². The van der Waals surface area contributed by atoms with Gasteiger partial charge in [-0.2, -0.15) is 0 Å². The molecular weight excluding hydrogens is 350 g/mol. The lowest BCUT2D eigenvalue weighted by molar-refractivity contribution is -0.120. The van der Waals surface area contributed by atoms with Crippen molar-refractivity contribution in [2.24, 2.45) is 0 Å². The van der Waals surface area contributed by atoms with Crippen molar-refractivity contribution in [2.45, 2.75) is 53.1 Å². The van der Waals surface area contributed by atoms with Gasteiger partial charge in [0.05, 0.1) is 18.2 Å². The van der Waals surface area contributed by atoms with Gasteiger partial charge in [0.1, 0.15) is 0 Å². The Morgan fingerprint density at radius 3 is 2.32 bits per heavy atom. The van der Waals surface area contributed by atoms with Crippen LogP contribution in [0.5, 0.6) is 0 Å². The molecule has 150 valence electrons. The Morgan fingerprint density at radius 2 is 1.68 bits per heavy atom. The number of nitrogens with one attached hydrogen (secondary N) is 3. The first-order valence-electron chi connectivity index (χ1n) is 9.59. The maximum atomic E-state index is 12.5. The van der Waals surface area contributed by atoms with Crippen molar-refractivity contribution >= 4 is 17.5 Å². The fourth-order valence-corrected chi connectivity index (χ4v) is 2.83. The van der Waals surface area contributed by atoms with Crippen LogP contribution >= 0.6 is 0 Å². The molecule has 0 aliphatic heterocycles. The first-order chi connectivity index (χ1) is 13.1.